The van der Waals surface area contributed by atoms with Gasteiger partial charge in [0, 0.05) is 13.6 Å². The molecule has 0 aliphatic heterocycles. The number of likely N-dealkylation sites (N-methyl/N-ethyl adjacent to an activating group) is 2. The van der Waals surface area contributed by atoms with Crippen LogP contribution >= 0.6 is 0 Å². The van der Waals surface area contributed by atoms with Crippen LogP contribution in [0.15, 0.2) is 23.1 Å². The maximum Gasteiger partial charge on any atom is 0.243 e. The van der Waals surface area contributed by atoms with Gasteiger partial charge in [-0.15, -0.1) is 0 Å². The molecule has 134 valence electrons. The SMILES string of the molecule is CCNC(=O)[C@H](C)NC(=O)CN(C)S(=O)(=O)c1ccc(C)c(C)c1. The maximum atomic E-state index is 12.5. The Hall–Kier alpha value is -1.93. The Morgan fingerprint density at radius 1 is 1.21 bits per heavy atom. The van der Waals surface area contributed by atoms with Gasteiger partial charge in [0.1, 0.15) is 6.04 Å². The van der Waals surface area contributed by atoms with Gasteiger partial charge in [0.2, 0.25) is 21.8 Å². The first-order valence-corrected chi connectivity index (χ1v) is 9.14. The van der Waals surface area contributed by atoms with E-state index in [2.05, 4.69) is 10.6 Å². The Bertz CT molecular complexity index is 716. The fourth-order valence-electron chi connectivity index (χ4n) is 2.02. The van der Waals surface area contributed by atoms with E-state index in [0.29, 0.717) is 6.54 Å². The van der Waals surface area contributed by atoms with Crippen molar-refractivity contribution in [3.05, 3.63) is 29.3 Å². The fraction of sp³-hybridized carbons (Fsp3) is 0.500. The smallest absolute Gasteiger partial charge is 0.243 e. The van der Waals surface area contributed by atoms with E-state index in [0.717, 1.165) is 15.4 Å². The number of hydrogen-bond donors (Lipinski definition) is 2. The summed E-state index contributed by atoms with van der Waals surface area (Å²) in [5.41, 5.74) is 1.85. The number of sulfonamides is 1. The van der Waals surface area contributed by atoms with Crippen LogP contribution in [0.1, 0.15) is 25.0 Å². The summed E-state index contributed by atoms with van der Waals surface area (Å²) in [6.07, 6.45) is 0. The fourth-order valence-corrected chi connectivity index (χ4v) is 3.23. The molecule has 0 heterocycles. The van der Waals surface area contributed by atoms with Crippen molar-refractivity contribution >= 4 is 21.8 Å². The number of amides is 2. The van der Waals surface area contributed by atoms with E-state index in [1.807, 2.05) is 13.8 Å². The lowest BCUT2D eigenvalue weighted by molar-refractivity contribution is -0.128. The zero-order valence-corrected chi connectivity index (χ0v) is 15.5. The Labute approximate surface area is 143 Å². The number of aryl methyl sites for hydroxylation is 2. The Kier molecular flexibility index (Phi) is 6.92. The van der Waals surface area contributed by atoms with Crippen molar-refractivity contribution in [3.8, 4) is 0 Å². The summed E-state index contributed by atoms with van der Waals surface area (Å²) in [4.78, 5) is 23.7. The van der Waals surface area contributed by atoms with Gasteiger partial charge in [-0.2, -0.15) is 4.31 Å². The van der Waals surface area contributed by atoms with Gasteiger partial charge in [0.05, 0.1) is 11.4 Å². The molecule has 0 aliphatic rings. The zero-order chi connectivity index (χ0) is 18.5. The second-order valence-electron chi connectivity index (χ2n) is 5.69. The van der Waals surface area contributed by atoms with Crippen molar-refractivity contribution in [3.63, 3.8) is 0 Å². The third-order valence-electron chi connectivity index (χ3n) is 3.67. The number of nitrogens with one attached hydrogen (secondary N) is 2. The first kappa shape index (κ1) is 20.1. The molecular formula is C16H25N3O4S. The van der Waals surface area contributed by atoms with E-state index < -0.39 is 22.0 Å². The van der Waals surface area contributed by atoms with Gasteiger partial charge >= 0.3 is 0 Å². The number of carbonyl (C=O) groups excluding carboxylic acids is 2. The van der Waals surface area contributed by atoms with Crippen molar-refractivity contribution < 1.29 is 18.0 Å². The molecule has 0 fully saturated rings. The molecule has 0 aliphatic carbocycles. The molecule has 8 heteroatoms. The van der Waals surface area contributed by atoms with Gasteiger partial charge in [-0.05, 0) is 51.0 Å². The highest BCUT2D eigenvalue weighted by Crippen LogP contribution is 2.17. The van der Waals surface area contributed by atoms with Gasteiger partial charge in [0.15, 0.2) is 0 Å². The molecule has 0 saturated heterocycles. The van der Waals surface area contributed by atoms with Crippen LogP contribution in [0.5, 0.6) is 0 Å². The van der Waals surface area contributed by atoms with Crippen molar-refractivity contribution in [1.29, 1.82) is 0 Å². The van der Waals surface area contributed by atoms with Crippen LogP contribution < -0.4 is 10.6 Å². The number of rotatable bonds is 7. The molecule has 1 atom stereocenters. The lowest BCUT2D eigenvalue weighted by Crippen LogP contribution is -2.48. The number of hydrogen-bond acceptors (Lipinski definition) is 4. The van der Waals surface area contributed by atoms with Crippen LogP contribution in [-0.2, 0) is 19.6 Å². The number of carbonyl (C=O) groups is 2. The van der Waals surface area contributed by atoms with Gasteiger partial charge in [-0.1, -0.05) is 6.07 Å². The van der Waals surface area contributed by atoms with E-state index >= 15 is 0 Å². The molecule has 24 heavy (non-hydrogen) atoms. The van der Waals surface area contributed by atoms with Crippen molar-refractivity contribution in [1.82, 2.24) is 14.9 Å². The van der Waals surface area contributed by atoms with Crippen LogP contribution in [-0.4, -0.2) is 50.7 Å². The van der Waals surface area contributed by atoms with E-state index in [4.69, 9.17) is 0 Å². The van der Waals surface area contributed by atoms with Crippen LogP contribution in [0.25, 0.3) is 0 Å². The van der Waals surface area contributed by atoms with Crippen LogP contribution in [0, 0.1) is 13.8 Å². The summed E-state index contributed by atoms with van der Waals surface area (Å²) in [5, 5.41) is 5.07. The average molecular weight is 355 g/mol. The molecular weight excluding hydrogens is 330 g/mol. The summed E-state index contributed by atoms with van der Waals surface area (Å²) >= 11 is 0. The monoisotopic (exact) mass is 355 g/mol. The maximum absolute atomic E-state index is 12.5. The second kappa shape index (κ2) is 8.25. The van der Waals surface area contributed by atoms with E-state index in [-0.39, 0.29) is 17.3 Å². The van der Waals surface area contributed by atoms with Crippen molar-refractivity contribution in [2.24, 2.45) is 0 Å². The largest absolute Gasteiger partial charge is 0.355 e. The van der Waals surface area contributed by atoms with Crippen molar-refractivity contribution in [2.75, 3.05) is 20.1 Å². The normalized spacial score (nSPS) is 12.8. The molecule has 0 spiro atoms. The van der Waals surface area contributed by atoms with Gasteiger partial charge < -0.3 is 10.6 Å². The standard InChI is InChI=1S/C16H25N3O4S/c1-6-17-16(21)13(4)18-15(20)10-19(5)24(22,23)14-8-7-11(2)12(3)9-14/h7-9,13H,6,10H2,1-5H3,(H,17,21)(H,18,20)/t13-/m0/s1. The minimum absolute atomic E-state index is 0.137. The van der Waals surface area contributed by atoms with Crippen molar-refractivity contribution in [2.45, 2.75) is 38.6 Å². The van der Waals surface area contributed by atoms with Gasteiger partial charge in [0.25, 0.3) is 0 Å². The molecule has 0 bridgehead atoms. The van der Waals surface area contributed by atoms with E-state index in [9.17, 15) is 18.0 Å². The lowest BCUT2D eigenvalue weighted by Gasteiger charge is -2.19. The Balaban J connectivity index is 2.78. The third-order valence-corrected chi connectivity index (χ3v) is 5.47. The quantitative estimate of drug-likeness (QED) is 0.747. The zero-order valence-electron chi connectivity index (χ0n) is 14.7. The first-order chi connectivity index (χ1) is 11.1. The number of nitrogens with zero attached hydrogens (tertiary/aromatic N) is 1. The second-order valence-corrected chi connectivity index (χ2v) is 7.74. The summed E-state index contributed by atoms with van der Waals surface area (Å²) in [6, 6.07) is 4.10. The van der Waals surface area contributed by atoms with Crippen LogP contribution in [0.4, 0.5) is 0 Å². The number of benzene rings is 1. The molecule has 2 N–H and O–H groups in total. The van der Waals surface area contributed by atoms with Crippen LogP contribution in [0.3, 0.4) is 0 Å². The summed E-state index contributed by atoms with van der Waals surface area (Å²) in [6.45, 7) is 7.14. The molecule has 1 aromatic rings. The Morgan fingerprint density at radius 3 is 2.38 bits per heavy atom. The van der Waals surface area contributed by atoms with E-state index in [1.165, 1.54) is 13.1 Å². The summed E-state index contributed by atoms with van der Waals surface area (Å²) < 4.78 is 26.0. The molecule has 7 nitrogen and oxygen atoms in total. The molecule has 1 rings (SSSR count). The first-order valence-electron chi connectivity index (χ1n) is 7.70. The predicted molar refractivity (Wildman–Crippen MR) is 92.0 cm³/mol. The summed E-state index contributed by atoms with van der Waals surface area (Å²) in [7, 11) is -2.43. The molecule has 0 saturated carbocycles. The highest BCUT2D eigenvalue weighted by molar-refractivity contribution is 7.89. The van der Waals surface area contributed by atoms with Gasteiger partial charge in [-0.3, -0.25) is 9.59 Å². The highest BCUT2D eigenvalue weighted by atomic mass is 32.2. The molecule has 1 aromatic carbocycles. The lowest BCUT2D eigenvalue weighted by atomic mass is 10.1. The minimum atomic E-state index is -3.77. The molecule has 0 aromatic heterocycles. The highest BCUT2D eigenvalue weighted by Gasteiger charge is 2.24. The van der Waals surface area contributed by atoms with Crippen LogP contribution in [0.2, 0.25) is 0 Å². The molecule has 0 radical (unpaired) electrons. The Morgan fingerprint density at radius 2 is 1.83 bits per heavy atom. The topological polar surface area (TPSA) is 95.6 Å². The van der Waals surface area contributed by atoms with Gasteiger partial charge in [-0.25, -0.2) is 8.42 Å². The van der Waals surface area contributed by atoms with E-state index in [1.54, 1.807) is 26.0 Å². The molecule has 2 amide bonds. The average Bonchev–Trinajstić information content (AvgIpc) is 2.49. The third kappa shape index (κ3) is 5.04. The minimum Gasteiger partial charge on any atom is -0.355 e. The molecule has 0 unspecified atom stereocenters. The predicted octanol–water partition coefficient (Wildman–Crippen LogP) is 0.565. The summed E-state index contributed by atoms with van der Waals surface area (Å²) in [5.74, 6) is -0.853.